The first-order valence-corrected chi connectivity index (χ1v) is 9.12. The molecule has 1 atom stereocenters. The summed E-state index contributed by atoms with van der Waals surface area (Å²) in [6, 6.07) is 3.82. The SMILES string of the molecule is CCCC(CNCC(C)C)N(Cc1ccsc1)C1CC1. The Balaban J connectivity index is 1.91. The smallest absolute Gasteiger partial charge is 0.0248 e. The van der Waals surface area contributed by atoms with Crippen LogP contribution in [0, 0.1) is 5.92 Å². The van der Waals surface area contributed by atoms with Crippen molar-refractivity contribution in [1.82, 2.24) is 10.2 Å². The maximum Gasteiger partial charge on any atom is 0.0248 e. The lowest BCUT2D eigenvalue weighted by Crippen LogP contribution is -2.43. The minimum atomic E-state index is 0.700. The summed E-state index contributed by atoms with van der Waals surface area (Å²) >= 11 is 1.82. The monoisotopic (exact) mass is 294 g/mol. The quantitative estimate of drug-likeness (QED) is 0.698. The van der Waals surface area contributed by atoms with Crippen LogP contribution in [0.2, 0.25) is 0 Å². The molecule has 3 heteroatoms. The minimum absolute atomic E-state index is 0.700. The summed E-state index contributed by atoms with van der Waals surface area (Å²) in [6.45, 7) is 10.3. The van der Waals surface area contributed by atoms with Crippen LogP contribution < -0.4 is 5.32 Å². The highest BCUT2D eigenvalue weighted by molar-refractivity contribution is 7.07. The zero-order valence-electron chi connectivity index (χ0n) is 13.3. The number of nitrogens with zero attached hydrogens (tertiary/aromatic N) is 1. The van der Waals surface area contributed by atoms with Crippen LogP contribution in [0.15, 0.2) is 16.8 Å². The van der Waals surface area contributed by atoms with Gasteiger partial charge in [-0.2, -0.15) is 11.3 Å². The van der Waals surface area contributed by atoms with Crippen molar-refractivity contribution < 1.29 is 0 Å². The Labute approximate surface area is 128 Å². The zero-order valence-corrected chi connectivity index (χ0v) is 14.1. The standard InChI is InChI=1S/C17H30N2S/c1-4-5-17(11-18-10-14(2)3)19(16-6-7-16)12-15-8-9-20-13-15/h8-9,13-14,16-18H,4-7,10-12H2,1-3H3. The molecule has 1 aliphatic rings. The number of hydrogen-bond acceptors (Lipinski definition) is 3. The maximum absolute atomic E-state index is 3.67. The fraction of sp³-hybridized carbons (Fsp3) is 0.765. The van der Waals surface area contributed by atoms with Crippen LogP contribution in [-0.2, 0) is 6.54 Å². The molecule has 2 rings (SSSR count). The Morgan fingerprint density at radius 1 is 1.35 bits per heavy atom. The summed E-state index contributed by atoms with van der Waals surface area (Å²) in [5, 5.41) is 8.18. The van der Waals surface area contributed by atoms with Gasteiger partial charge in [0.2, 0.25) is 0 Å². The third-order valence-electron chi connectivity index (χ3n) is 3.98. The van der Waals surface area contributed by atoms with Crippen molar-refractivity contribution in [3.05, 3.63) is 22.4 Å². The lowest BCUT2D eigenvalue weighted by Gasteiger charge is -2.32. The van der Waals surface area contributed by atoms with Gasteiger partial charge >= 0.3 is 0 Å². The molecule has 1 N–H and O–H groups in total. The van der Waals surface area contributed by atoms with E-state index in [1.807, 2.05) is 11.3 Å². The van der Waals surface area contributed by atoms with Crippen molar-refractivity contribution in [3.8, 4) is 0 Å². The second kappa shape index (κ2) is 8.16. The molecule has 0 amide bonds. The van der Waals surface area contributed by atoms with E-state index in [-0.39, 0.29) is 0 Å². The van der Waals surface area contributed by atoms with Gasteiger partial charge in [0.25, 0.3) is 0 Å². The van der Waals surface area contributed by atoms with Crippen molar-refractivity contribution in [3.63, 3.8) is 0 Å². The van der Waals surface area contributed by atoms with E-state index < -0.39 is 0 Å². The summed E-state index contributed by atoms with van der Waals surface area (Å²) in [5.74, 6) is 0.739. The van der Waals surface area contributed by atoms with Gasteiger partial charge < -0.3 is 5.32 Å². The normalized spacial score (nSPS) is 17.1. The molecule has 1 unspecified atom stereocenters. The van der Waals surface area contributed by atoms with Crippen molar-refractivity contribution in [2.24, 2.45) is 5.92 Å². The Morgan fingerprint density at radius 2 is 2.15 bits per heavy atom. The molecule has 0 saturated heterocycles. The first-order chi connectivity index (χ1) is 9.70. The third-order valence-corrected chi connectivity index (χ3v) is 4.72. The van der Waals surface area contributed by atoms with Crippen LogP contribution in [0.5, 0.6) is 0 Å². The van der Waals surface area contributed by atoms with Gasteiger partial charge in [0.1, 0.15) is 0 Å². The molecule has 1 fully saturated rings. The highest BCUT2D eigenvalue weighted by atomic mass is 32.1. The molecule has 114 valence electrons. The summed E-state index contributed by atoms with van der Waals surface area (Å²) < 4.78 is 0. The summed E-state index contributed by atoms with van der Waals surface area (Å²) in [7, 11) is 0. The number of rotatable bonds is 10. The van der Waals surface area contributed by atoms with Crippen LogP contribution in [-0.4, -0.2) is 30.1 Å². The molecule has 0 spiro atoms. The fourth-order valence-electron chi connectivity index (χ4n) is 2.81. The lowest BCUT2D eigenvalue weighted by atomic mass is 10.1. The molecular weight excluding hydrogens is 264 g/mol. The number of thiophene rings is 1. The third kappa shape index (κ3) is 5.19. The maximum atomic E-state index is 3.67. The topological polar surface area (TPSA) is 15.3 Å². The molecule has 0 aliphatic heterocycles. The molecule has 1 aliphatic carbocycles. The van der Waals surface area contributed by atoms with Crippen LogP contribution in [0.1, 0.15) is 52.0 Å². The molecule has 2 nitrogen and oxygen atoms in total. The molecule has 20 heavy (non-hydrogen) atoms. The van der Waals surface area contributed by atoms with Crippen molar-refractivity contribution in [1.29, 1.82) is 0 Å². The van der Waals surface area contributed by atoms with Crippen LogP contribution in [0.3, 0.4) is 0 Å². The highest BCUT2D eigenvalue weighted by Gasteiger charge is 2.33. The van der Waals surface area contributed by atoms with E-state index in [4.69, 9.17) is 0 Å². The highest BCUT2D eigenvalue weighted by Crippen LogP contribution is 2.31. The van der Waals surface area contributed by atoms with E-state index in [1.165, 1.54) is 31.2 Å². The van der Waals surface area contributed by atoms with Crippen molar-refractivity contribution in [2.75, 3.05) is 13.1 Å². The van der Waals surface area contributed by atoms with Gasteiger partial charge in [-0.1, -0.05) is 27.2 Å². The van der Waals surface area contributed by atoms with E-state index in [2.05, 4.69) is 47.8 Å². The number of nitrogens with one attached hydrogen (secondary N) is 1. The molecule has 0 radical (unpaired) electrons. The van der Waals surface area contributed by atoms with Gasteiger partial charge in [-0.25, -0.2) is 0 Å². The predicted octanol–water partition coefficient (Wildman–Crippen LogP) is 4.13. The predicted molar refractivity (Wildman–Crippen MR) is 89.3 cm³/mol. The molecule has 0 bridgehead atoms. The van der Waals surface area contributed by atoms with Gasteiger partial charge in [-0.15, -0.1) is 0 Å². The van der Waals surface area contributed by atoms with Gasteiger partial charge in [0, 0.05) is 25.2 Å². The van der Waals surface area contributed by atoms with Crippen LogP contribution >= 0.6 is 11.3 Å². The van der Waals surface area contributed by atoms with Gasteiger partial charge in [-0.3, -0.25) is 4.90 Å². The molecule has 0 aromatic carbocycles. The Bertz CT molecular complexity index is 357. The minimum Gasteiger partial charge on any atom is -0.315 e. The summed E-state index contributed by atoms with van der Waals surface area (Å²) in [4.78, 5) is 2.76. The zero-order chi connectivity index (χ0) is 14.4. The average Bonchev–Trinajstić information content (AvgIpc) is 3.12. The summed E-state index contributed by atoms with van der Waals surface area (Å²) in [6.07, 6.45) is 5.38. The van der Waals surface area contributed by atoms with Gasteiger partial charge in [0.15, 0.2) is 0 Å². The first-order valence-electron chi connectivity index (χ1n) is 8.18. The van der Waals surface area contributed by atoms with Crippen molar-refractivity contribution >= 4 is 11.3 Å². The van der Waals surface area contributed by atoms with E-state index in [0.29, 0.717) is 6.04 Å². The average molecular weight is 295 g/mol. The van der Waals surface area contributed by atoms with E-state index in [1.54, 1.807) is 0 Å². The molecule has 1 heterocycles. The first kappa shape index (κ1) is 16.0. The lowest BCUT2D eigenvalue weighted by molar-refractivity contribution is 0.162. The van der Waals surface area contributed by atoms with Crippen molar-refractivity contribution in [2.45, 2.75) is 65.1 Å². The molecule has 1 aromatic heterocycles. The van der Waals surface area contributed by atoms with E-state index in [9.17, 15) is 0 Å². The van der Waals surface area contributed by atoms with Gasteiger partial charge in [-0.05, 0) is 54.1 Å². The van der Waals surface area contributed by atoms with Crippen LogP contribution in [0.25, 0.3) is 0 Å². The second-order valence-electron chi connectivity index (χ2n) is 6.53. The van der Waals surface area contributed by atoms with E-state index >= 15 is 0 Å². The Morgan fingerprint density at radius 3 is 2.70 bits per heavy atom. The molecule has 1 saturated carbocycles. The summed E-state index contributed by atoms with van der Waals surface area (Å²) in [5.41, 5.74) is 1.49. The largest absolute Gasteiger partial charge is 0.315 e. The number of hydrogen-bond donors (Lipinski definition) is 1. The Hall–Kier alpha value is -0.380. The van der Waals surface area contributed by atoms with Gasteiger partial charge in [0.05, 0.1) is 0 Å². The molecular formula is C17H30N2S. The van der Waals surface area contributed by atoms with E-state index in [0.717, 1.165) is 31.6 Å². The van der Waals surface area contributed by atoms with Crippen LogP contribution in [0.4, 0.5) is 0 Å². The fourth-order valence-corrected chi connectivity index (χ4v) is 3.47. The second-order valence-corrected chi connectivity index (χ2v) is 7.31. The molecule has 1 aromatic rings. The Kier molecular flexibility index (Phi) is 6.53.